The lowest BCUT2D eigenvalue weighted by molar-refractivity contribution is 0.125. The molecule has 4 amide bonds. The smallest absolute Gasteiger partial charge is 0.283 e. The van der Waals surface area contributed by atoms with Crippen LogP contribution in [-0.2, 0) is 0 Å². The van der Waals surface area contributed by atoms with Crippen molar-refractivity contribution in [2.75, 3.05) is 20.1 Å². The second kappa shape index (κ2) is 4.65. The van der Waals surface area contributed by atoms with Crippen molar-refractivity contribution in [2.45, 2.75) is 0 Å². The van der Waals surface area contributed by atoms with Gasteiger partial charge in [0.2, 0.25) is 0 Å². The van der Waals surface area contributed by atoms with E-state index >= 15 is 0 Å². The molecule has 0 aromatic rings. The Morgan fingerprint density at radius 2 is 1.56 bits per heavy atom. The van der Waals surface area contributed by atoms with Crippen LogP contribution in [0.5, 0.6) is 0 Å². The maximum absolute atomic E-state index is 11.9. The first kappa shape index (κ1) is 12.0. The van der Waals surface area contributed by atoms with Crippen molar-refractivity contribution in [2.24, 2.45) is 0 Å². The Bertz CT molecular complexity index is 330. The molecule has 0 aliphatic carbocycles. The van der Waals surface area contributed by atoms with E-state index in [1.165, 1.54) is 15.9 Å². The number of amides is 4. The highest BCUT2D eigenvalue weighted by molar-refractivity contribution is 5.98. The summed E-state index contributed by atoms with van der Waals surface area (Å²) >= 11 is 0. The predicted molar refractivity (Wildman–Crippen MR) is 61.5 cm³/mol. The van der Waals surface area contributed by atoms with E-state index in [0.717, 1.165) is 4.90 Å². The lowest BCUT2D eigenvalue weighted by atomic mass is 10.4. The summed E-state index contributed by atoms with van der Waals surface area (Å²) in [5, 5.41) is 0. The molecule has 0 bridgehead atoms. The zero-order chi connectivity index (χ0) is 12.3. The molecule has 0 saturated carbocycles. The normalized spacial score (nSPS) is 16.8. The minimum Gasteiger partial charge on any atom is -0.283 e. The average molecular weight is 221 g/mol. The summed E-state index contributed by atoms with van der Waals surface area (Å²) in [6, 6.07) is -0.789. The quantitative estimate of drug-likeness (QED) is 0.677. The number of carbonyl (C=O) groups excluding carboxylic acids is 2. The lowest BCUT2D eigenvalue weighted by Gasteiger charge is -2.39. The summed E-state index contributed by atoms with van der Waals surface area (Å²) in [7, 11) is 1.57. The van der Waals surface area contributed by atoms with Gasteiger partial charge in [-0.05, 0) is 0 Å². The van der Waals surface area contributed by atoms with Gasteiger partial charge in [0.15, 0.2) is 0 Å². The molecule has 0 spiro atoms. The van der Waals surface area contributed by atoms with Gasteiger partial charge in [-0.3, -0.25) is 9.80 Å². The maximum Gasteiger partial charge on any atom is 0.334 e. The molecule has 16 heavy (non-hydrogen) atoms. The summed E-state index contributed by atoms with van der Waals surface area (Å²) in [5.74, 6) is 0.357. The van der Waals surface area contributed by atoms with Gasteiger partial charge in [-0.25, -0.2) is 14.5 Å². The second-order valence-corrected chi connectivity index (χ2v) is 3.34. The van der Waals surface area contributed by atoms with Gasteiger partial charge in [-0.1, -0.05) is 18.7 Å². The molecule has 0 atom stereocenters. The highest BCUT2D eigenvalue weighted by atomic mass is 16.2. The molecule has 0 N–H and O–H groups in total. The summed E-state index contributed by atoms with van der Waals surface area (Å²) < 4.78 is 0. The van der Waals surface area contributed by atoms with E-state index in [9.17, 15) is 9.59 Å². The maximum atomic E-state index is 11.9. The molecule has 1 aliphatic heterocycles. The third-order valence-corrected chi connectivity index (χ3v) is 2.30. The molecule has 1 saturated heterocycles. The molecule has 1 fully saturated rings. The van der Waals surface area contributed by atoms with Crippen LogP contribution in [0.4, 0.5) is 9.59 Å². The molecule has 86 valence electrons. The van der Waals surface area contributed by atoms with Crippen LogP contribution in [0.15, 0.2) is 37.7 Å². The van der Waals surface area contributed by atoms with Crippen molar-refractivity contribution in [3.63, 3.8) is 0 Å². The van der Waals surface area contributed by atoms with Gasteiger partial charge in [-0.2, -0.15) is 0 Å². The Morgan fingerprint density at radius 1 is 1.06 bits per heavy atom. The van der Waals surface area contributed by atoms with Crippen molar-refractivity contribution < 1.29 is 9.59 Å². The van der Waals surface area contributed by atoms with Crippen LogP contribution in [0.1, 0.15) is 0 Å². The first-order valence-corrected chi connectivity index (χ1v) is 4.82. The summed E-state index contributed by atoms with van der Waals surface area (Å²) in [5.41, 5.74) is 0. The van der Waals surface area contributed by atoms with Gasteiger partial charge in [0.25, 0.3) is 0 Å². The van der Waals surface area contributed by atoms with Gasteiger partial charge in [-0.15, -0.1) is 13.2 Å². The molecule has 0 radical (unpaired) electrons. The van der Waals surface area contributed by atoms with Gasteiger partial charge < -0.3 is 0 Å². The number of urea groups is 2. The van der Waals surface area contributed by atoms with Crippen molar-refractivity contribution in [3.05, 3.63) is 37.7 Å². The monoisotopic (exact) mass is 221 g/mol. The Kier molecular flexibility index (Phi) is 3.50. The number of nitrogens with zero attached hydrogens (tertiary/aromatic N) is 3. The van der Waals surface area contributed by atoms with Gasteiger partial charge >= 0.3 is 12.1 Å². The molecule has 1 aliphatic rings. The molecule has 0 aromatic heterocycles. The third kappa shape index (κ3) is 1.84. The van der Waals surface area contributed by atoms with Crippen LogP contribution >= 0.6 is 0 Å². The molecule has 1 heterocycles. The highest BCUT2D eigenvalue weighted by Crippen LogP contribution is 2.19. The Balaban J connectivity index is 3.01. The number of rotatable bonds is 4. The minimum atomic E-state index is -0.395. The molecule has 5 nitrogen and oxygen atoms in total. The van der Waals surface area contributed by atoms with E-state index in [2.05, 4.69) is 19.7 Å². The lowest BCUT2D eigenvalue weighted by Crippen LogP contribution is -2.57. The van der Waals surface area contributed by atoms with Gasteiger partial charge in [0.1, 0.15) is 5.82 Å². The van der Waals surface area contributed by atoms with Crippen molar-refractivity contribution in [1.82, 2.24) is 14.7 Å². The summed E-state index contributed by atoms with van der Waals surface area (Å²) in [4.78, 5) is 27.5. The number of imide groups is 1. The van der Waals surface area contributed by atoms with Crippen LogP contribution in [0, 0.1) is 0 Å². The summed E-state index contributed by atoms with van der Waals surface area (Å²) in [6.45, 7) is 11.3. The second-order valence-electron chi connectivity index (χ2n) is 3.34. The molecule has 0 aromatic carbocycles. The first-order valence-electron chi connectivity index (χ1n) is 4.82. The van der Waals surface area contributed by atoms with E-state index in [-0.39, 0.29) is 6.54 Å². The van der Waals surface area contributed by atoms with Crippen molar-refractivity contribution in [1.29, 1.82) is 0 Å². The van der Waals surface area contributed by atoms with Gasteiger partial charge in [0.05, 0.1) is 6.54 Å². The van der Waals surface area contributed by atoms with Crippen LogP contribution in [0.3, 0.4) is 0 Å². The zero-order valence-electron chi connectivity index (χ0n) is 9.35. The fourth-order valence-corrected chi connectivity index (χ4v) is 1.41. The fourth-order valence-electron chi connectivity index (χ4n) is 1.41. The molecule has 1 rings (SSSR count). The topological polar surface area (TPSA) is 43.9 Å². The number of hydrogen-bond donors (Lipinski definition) is 0. The SMILES string of the molecule is C=CCN1C(=C)N(C)C(=O)N(CC=C)C1=O. The fraction of sp³-hybridized carbons (Fsp3) is 0.273. The molecule has 5 heteroatoms. The van der Waals surface area contributed by atoms with Crippen LogP contribution in [0.2, 0.25) is 0 Å². The van der Waals surface area contributed by atoms with E-state index in [1.807, 2.05) is 0 Å². The van der Waals surface area contributed by atoms with Crippen LogP contribution in [0.25, 0.3) is 0 Å². The van der Waals surface area contributed by atoms with Crippen molar-refractivity contribution in [3.8, 4) is 0 Å². The van der Waals surface area contributed by atoms with Crippen LogP contribution < -0.4 is 0 Å². The standard InChI is InChI=1S/C11H15N3O2/c1-5-7-13-9(3)12(4)10(15)14(8-6-2)11(13)16/h5-6H,1-3,7-8H2,4H3. The Hall–Kier alpha value is -2.04. The Morgan fingerprint density at radius 3 is 2.06 bits per heavy atom. The minimum absolute atomic E-state index is 0.183. The van der Waals surface area contributed by atoms with E-state index in [4.69, 9.17) is 0 Å². The third-order valence-electron chi connectivity index (χ3n) is 2.30. The van der Waals surface area contributed by atoms with E-state index < -0.39 is 12.1 Å². The largest absolute Gasteiger partial charge is 0.334 e. The molecule has 0 unspecified atom stereocenters. The molecular weight excluding hydrogens is 206 g/mol. The predicted octanol–water partition coefficient (Wildman–Crippen LogP) is 1.62. The number of carbonyl (C=O) groups is 2. The molecular formula is C11H15N3O2. The van der Waals surface area contributed by atoms with Gasteiger partial charge in [0, 0.05) is 13.6 Å². The first-order chi connectivity index (χ1) is 7.54. The van der Waals surface area contributed by atoms with E-state index in [1.54, 1.807) is 13.1 Å². The van der Waals surface area contributed by atoms with Crippen LogP contribution in [-0.4, -0.2) is 46.9 Å². The van der Waals surface area contributed by atoms with E-state index in [0.29, 0.717) is 12.4 Å². The Labute approximate surface area is 94.9 Å². The highest BCUT2D eigenvalue weighted by Gasteiger charge is 2.36. The van der Waals surface area contributed by atoms with Crippen molar-refractivity contribution >= 4 is 12.1 Å². The number of hydrogen-bond acceptors (Lipinski definition) is 2. The average Bonchev–Trinajstić information content (AvgIpc) is 2.28. The summed E-state index contributed by atoms with van der Waals surface area (Å²) in [6.07, 6.45) is 3.09. The zero-order valence-corrected chi connectivity index (χ0v) is 9.35.